The summed E-state index contributed by atoms with van der Waals surface area (Å²) in [6, 6.07) is 14.4. The highest BCUT2D eigenvalue weighted by atomic mass is 15.4. The van der Waals surface area contributed by atoms with Gasteiger partial charge in [0.05, 0.1) is 17.6 Å². The Hall–Kier alpha value is -2.62. The van der Waals surface area contributed by atoms with E-state index in [-0.39, 0.29) is 0 Å². The fourth-order valence-electron chi connectivity index (χ4n) is 3.13. The maximum atomic E-state index is 5.76. The fourth-order valence-corrected chi connectivity index (χ4v) is 3.13. The maximum Gasteiger partial charge on any atom is 0.0944 e. The Balaban J connectivity index is 1.78. The first-order valence-electron chi connectivity index (χ1n) is 7.70. The second-order valence-corrected chi connectivity index (χ2v) is 5.81. The van der Waals surface area contributed by atoms with Gasteiger partial charge in [-0.15, -0.1) is 5.10 Å². The molecule has 1 aromatic heterocycles. The normalized spacial score (nSPS) is 13.8. The standard InChI is InChI=1S/C18H18N4/c19-16-7-9-17(10-8-16)22-18(12-20-21-22)15-6-5-13-3-1-2-4-14(13)11-15/h5-12H,1-4,19H2. The van der Waals surface area contributed by atoms with Crippen LogP contribution in [0.5, 0.6) is 0 Å². The first-order valence-corrected chi connectivity index (χ1v) is 7.70. The monoisotopic (exact) mass is 290 g/mol. The van der Waals surface area contributed by atoms with Crippen molar-refractivity contribution in [3.8, 4) is 16.9 Å². The van der Waals surface area contributed by atoms with Crippen LogP contribution in [0.2, 0.25) is 0 Å². The predicted octanol–water partition coefficient (Wildman–Crippen LogP) is 3.40. The van der Waals surface area contributed by atoms with Crippen LogP contribution in [-0.2, 0) is 12.8 Å². The minimum absolute atomic E-state index is 0.749. The largest absolute Gasteiger partial charge is 0.399 e. The van der Waals surface area contributed by atoms with Gasteiger partial charge < -0.3 is 5.73 Å². The molecule has 0 saturated carbocycles. The molecule has 0 atom stereocenters. The molecule has 2 N–H and O–H groups in total. The number of benzene rings is 2. The predicted molar refractivity (Wildman–Crippen MR) is 87.8 cm³/mol. The van der Waals surface area contributed by atoms with Crippen LogP contribution in [0, 0.1) is 0 Å². The lowest BCUT2D eigenvalue weighted by Crippen LogP contribution is -2.04. The Kier molecular flexibility index (Phi) is 3.15. The lowest BCUT2D eigenvalue weighted by molar-refractivity contribution is 0.686. The van der Waals surface area contributed by atoms with Crippen molar-refractivity contribution in [2.24, 2.45) is 0 Å². The zero-order valence-corrected chi connectivity index (χ0v) is 12.4. The van der Waals surface area contributed by atoms with Gasteiger partial charge in [0, 0.05) is 11.3 Å². The molecule has 0 spiro atoms. The minimum atomic E-state index is 0.749. The third-order valence-electron chi connectivity index (χ3n) is 4.33. The maximum absolute atomic E-state index is 5.76. The average Bonchev–Trinajstić information content (AvgIpc) is 3.05. The second-order valence-electron chi connectivity index (χ2n) is 5.81. The van der Waals surface area contributed by atoms with Crippen molar-refractivity contribution >= 4 is 5.69 Å². The molecule has 1 aliphatic rings. The molecule has 110 valence electrons. The smallest absolute Gasteiger partial charge is 0.0944 e. The quantitative estimate of drug-likeness (QED) is 0.736. The molecule has 22 heavy (non-hydrogen) atoms. The highest BCUT2D eigenvalue weighted by molar-refractivity contribution is 5.63. The van der Waals surface area contributed by atoms with E-state index in [2.05, 4.69) is 28.5 Å². The van der Waals surface area contributed by atoms with E-state index in [9.17, 15) is 0 Å². The molecule has 1 heterocycles. The highest BCUT2D eigenvalue weighted by Crippen LogP contribution is 2.28. The van der Waals surface area contributed by atoms with Crippen LogP contribution in [0.15, 0.2) is 48.7 Å². The molecule has 0 saturated heterocycles. The second kappa shape index (κ2) is 5.30. The van der Waals surface area contributed by atoms with Gasteiger partial charge >= 0.3 is 0 Å². The van der Waals surface area contributed by atoms with Crippen molar-refractivity contribution < 1.29 is 0 Å². The molecule has 0 aliphatic heterocycles. The number of hydrogen-bond acceptors (Lipinski definition) is 3. The van der Waals surface area contributed by atoms with Gasteiger partial charge in [-0.1, -0.05) is 17.3 Å². The fraction of sp³-hybridized carbons (Fsp3) is 0.222. The third-order valence-corrected chi connectivity index (χ3v) is 4.33. The number of nitrogen functional groups attached to an aromatic ring is 1. The van der Waals surface area contributed by atoms with Crippen LogP contribution in [-0.4, -0.2) is 15.0 Å². The van der Waals surface area contributed by atoms with Crippen LogP contribution >= 0.6 is 0 Å². The van der Waals surface area contributed by atoms with Crippen molar-refractivity contribution in [3.63, 3.8) is 0 Å². The molecular formula is C18H18N4. The van der Waals surface area contributed by atoms with Crippen LogP contribution in [0.25, 0.3) is 16.9 Å². The molecule has 3 aromatic rings. The molecule has 0 unspecified atom stereocenters. The molecule has 4 heteroatoms. The summed E-state index contributed by atoms with van der Waals surface area (Å²) in [4.78, 5) is 0. The number of aromatic nitrogens is 3. The first-order chi connectivity index (χ1) is 10.8. The van der Waals surface area contributed by atoms with E-state index >= 15 is 0 Å². The van der Waals surface area contributed by atoms with Crippen LogP contribution in [0.4, 0.5) is 5.69 Å². The van der Waals surface area contributed by atoms with Crippen molar-refractivity contribution in [1.29, 1.82) is 0 Å². The molecule has 0 fully saturated rings. The van der Waals surface area contributed by atoms with Crippen molar-refractivity contribution in [2.75, 3.05) is 5.73 Å². The highest BCUT2D eigenvalue weighted by Gasteiger charge is 2.13. The summed E-state index contributed by atoms with van der Waals surface area (Å²) in [6.07, 6.45) is 6.78. The van der Waals surface area contributed by atoms with Crippen LogP contribution < -0.4 is 5.73 Å². The number of rotatable bonds is 2. The molecule has 0 radical (unpaired) electrons. The SMILES string of the molecule is Nc1ccc(-n2nncc2-c2ccc3c(c2)CCCC3)cc1. The van der Waals surface area contributed by atoms with E-state index in [0.717, 1.165) is 17.1 Å². The number of nitrogens with zero attached hydrogens (tertiary/aromatic N) is 3. The molecule has 2 aromatic carbocycles. The van der Waals surface area contributed by atoms with Crippen LogP contribution in [0.1, 0.15) is 24.0 Å². The van der Waals surface area contributed by atoms with E-state index in [1.54, 1.807) is 0 Å². The van der Waals surface area contributed by atoms with E-state index in [4.69, 9.17) is 5.73 Å². The summed E-state index contributed by atoms with van der Waals surface area (Å²) >= 11 is 0. The van der Waals surface area contributed by atoms with Gasteiger partial charge in [0.2, 0.25) is 0 Å². The summed E-state index contributed by atoms with van der Waals surface area (Å²) in [7, 11) is 0. The zero-order valence-electron chi connectivity index (χ0n) is 12.4. The summed E-state index contributed by atoms with van der Waals surface area (Å²) in [5, 5.41) is 8.32. The number of hydrogen-bond donors (Lipinski definition) is 1. The van der Waals surface area contributed by atoms with Gasteiger partial charge in [-0.05, 0) is 67.1 Å². The number of fused-ring (bicyclic) bond motifs is 1. The van der Waals surface area contributed by atoms with E-state index in [1.807, 2.05) is 35.1 Å². The Morgan fingerprint density at radius 2 is 1.68 bits per heavy atom. The lowest BCUT2D eigenvalue weighted by Gasteiger charge is -2.16. The summed E-state index contributed by atoms with van der Waals surface area (Å²) in [5.41, 5.74) is 12.6. The van der Waals surface area contributed by atoms with Crippen molar-refractivity contribution in [2.45, 2.75) is 25.7 Å². The summed E-state index contributed by atoms with van der Waals surface area (Å²) < 4.78 is 1.87. The van der Waals surface area contributed by atoms with E-state index < -0.39 is 0 Å². The number of anilines is 1. The van der Waals surface area contributed by atoms with Gasteiger partial charge in [-0.2, -0.15) is 0 Å². The molecule has 4 nitrogen and oxygen atoms in total. The molecule has 1 aliphatic carbocycles. The van der Waals surface area contributed by atoms with Gasteiger partial charge in [-0.3, -0.25) is 0 Å². The topological polar surface area (TPSA) is 56.7 Å². The number of aryl methyl sites for hydroxylation is 2. The van der Waals surface area contributed by atoms with Crippen molar-refractivity contribution in [3.05, 3.63) is 59.8 Å². The first kappa shape index (κ1) is 13.1. The van der Waals surface area contributed by atoms with Gasteiger partial charge in [0.25, 0.3) is 0 Å². The number of nitrogens with two attached hydrogens (primary N) is 1. The zero-order chi connectivity index (χ0) is 14.9. The molecule has 0 bridgehead atoms. The Morgan fingerprint density at radius 1 is 0.909 bits per heavy atom. The molecule has 4 rings (SSSR count). The van der Waals surface area contributed by atoms with E-state index in [1.165, 1.54) is 42.4 Å². The van der Waals surface area contributed by atoms with Gasteiger partial charge in [-0.25, -0.2) is 4.68 Å². The minimum Gasteiger partial charge on any atom is -0.399 e. The lowest BCUT2D eigenvalue weighted by atomic mass is 9.90. The Morgan fingerprint density at radius 3 is 2.50 bits per heavy atom. The Labute approximate surface area is 129 Å². The average molecular weight is 290 g/mol. The van der Waals surface area contributed by atoms with Crippen LogP contribution in [0.3, 0.4) is 0 Å². The van der Waals surface area contributed by atoms with Gasteiger partial charge in [0.15, 0.2) is 0 Å². The summed E-state index contributed by atoms with van der Waals surface area (Å²) in [5.74, 6) is 0. The third kappa shape index (κ3) is 2.26. The van der Waals surface area contributed by atoms with E-state index in [0.29, 0.717) is 0 Å². The van der Waals surface area contributed by atoms with Crippen molar-refractivity contribution in [1.82, 2.24) is 15.0 Å². The molecule has 0 amide bonds. The van der Waals surface area contributed by atoms with Gasteiger partial charge in [0.1, 0.15) is 0 Å². The Bertz CT molecular complexity index is 802. The molecular weight excluding hydrogens is 272 g/mol. The summed E-state index contributed by atoms with van der Waals surface area (Å²) in [6.45, 7) is 0.